The first kappa shape index (κ1) is 13.4. The van der Waals surface area contributed by atoms with Crippen molar-refractivity contribution in [3.63, 3.8) is 0 Å². The SMILES string of the molecule is Nc1cccnc1N1CCN(C(=O)c2ccncc2)CC1. The highest BCUT2D eigenvalue weighted by Gasteiger charge is 2.23. The van der Waals surface area contributed by atoms with Crippen LogP contribution in [0.1, 0.15) is 10.4 Å². The van der Waals surface area contributed by atoms with Gasteiger partial charge < -0.3 is 15.5 Å². The highest BCUT2D eigenvalue weighted by molar-refractivity contribution is 5.94. The maximum Gasteiger partial charge on any atom is 0.254 e. The van der Waals surface area contributed by atoms with Gasteiger partial charge in [-0.15, -0.1) is 0 Å². The predicted octanol–water partition coefficient (Wildman–Crippen LogP) is 1.02. The van der Waals surface area contributed by atoms with Gasteiger partial charge in [-0.1, -0.05) is 0 Å². The number of carbonyl (C=O) groups is 1. The van der Waals surface area contributed by atoms with Gasteiger partial charge in [-0.25, -0.2) is 4.98 Å². The summed E-state index contributed by atoms with van der Waals surface area (Å²) in [7, 11) is 0. The number of nitrogens with two attached hydrogens (primary N) is 1. The molecule has 0 aromatic carbocycles. The minimum absolute atomic E-state index is 0.0473. The van der Waals surface area contributed by atoms with Crippen LogP contribution in [0.3, 0.4) is 0 Å². The van der Waals surface area contributed by atoms with Gasteiger partial charge in [-0.2, -0.15) is 0 Å². The Morgan fingerprint density at radius 1 is 1.05 bits per heavy atom. The maximum atomic E-state index is 12.3. The number of hydrogen-bond donors (Lipinski definition) is 1. The molecule has 6 nitrogen and oxygen atoms in total. The number of piperazine rings is 1. The third-order valence-electron chi connectivity index (χ3n) is 3.61. The van der Waals surface area contributed by atoms with Crippen molar-refractivity contribution in [3.05, 3.63) is 48.4 Å². The predicted molar refractivity (Wildman–Crippen MR) is 81.0 cm³/mol. The lowest BCUT2D eigenvalue weighted by molar-refractivity contribution is 0.0746. The van der Waals surface area contributed by atoms with Crippen LogP contribution in [0, 0.1) is 0 Å². The van der Waals surface area contributed by atoms with Crippen molar-refractivity contribution in [1.82, 2.24) is 14.9 Å². The van der Waals surface area contributed by atoms with Crippen LogP contribution in [0.2, 0.25) is 0 Å². The Kier molecular flexibility index (Phi) is 3.68. The topological polar surface area (TPSA) is 75.3 Å². The van der Waals surface area contributed by atoms with Crippen LogP contribution in [0.15, 0.2) is 42.9 Å². The van der Waals surface area contributed by atoms with E-state index < -0.39 is 0 Å². The molecule has 108 valence electrons. The summed E-state index contributed by atoms with van der Waals surface area (Å²) in [6, 6.07) is 7.15. The zero-order chi connectivity index (χ0) is 14.7. The first-order valence-corrected chi connectivity index (χ1v) is 6.90. The normalized spacial score (nSPS) is 15.0. The van der Waals surface area contributed by atoms with Crippen molar-refractivity contribution in [2.24, 2.45) is 0 Å². The van der Waals surface area contributed by atoms with Crippen molar-refractivity contribution in [1.29, 1.82) is 0 Å². The van der Waals surface area contributed by atoms with E-state index in [0.29, 0.717) is 24.3 Å². The number of hydrogen-bond acceptors (Lipinski definition) is 5. The Morgan fingerprint density at radius 3 is 2.43 bits per heavy atom. The van der Waals surface area contributed by atoms with Crippen LogP contribution < -0.4 is 10.6 Å². The van der Waals surface area contributed by atoms with E-state index in [-0.39, 0.29) is 5.91 Å². The average molecular weight is 283 g/mol. The van der Waals surface area contributed by atoms with Crippen molar-refractivity contribution < 1.29 is 4.79 Å². The highest BCUT2D eigenvalue weighted by Crippen LogP contribution is 2.20. The first-order valence-electron chi connectivity index (χ1n) is 6.90. The molecule has 2 aromatic rings. The van der Waals surface area contributed by atoms with E-state index in [2.05, 4.69) is 14.9 Å². The molecule has 0 aliphatic carbocycles. The second-order valence-corrected chi connectivity index (χ2v) is 4.93. The summed E-state index contributed by atoms with van der Waals surface area (Å²) < 4.78 is 0. The molecule has 0 spiro atoms. The molecular formula is C15H17N5O. The number of amides is 1. The third kappa shape index (κ3) is 2.79. The number of aromatic nitrogens is 2. The summed E-state index contributed by atoms with van der Waals surface area (Å²) in [5.74, 6) is 0.847. The number of anilines is 2. The molecule has 1 saturated heterocycles. The fourth-order valence-corrected chi connectivity index (χ4v) is 2.47. The molecule has 0 unspecified atom stereocenters. The molecule has 0 atom stereocenters. The fourth-order valence-electron chi connectivity index (χ4n) is 2.47. The van der Waals surface area contributed by atoms with Gasteiger partial charge >= 0.3 is 0 Å². The quantitative estimate of drug-likeness (QED) is 0.890. The summed E-state index contributed by atoms with van der Waals surface area (Å²) in [5.41, 5.74) is 7.29. The van der Waals surface area contributed by atoms with E-state index in [0.717, 1.165) is 18.9 Å². The molecule has 1 fully saturated rings. The van der Waals surface area contributed by atoms with E-state index in [1.807, 2.05) is 17.0 Å². The molecule has 0 radical (unpaired) electrons. The van der Waals surface area contributed by atoms with Crippen LogP contribution in [-0.4, -0.2) is 47.0 Å². The lowest BCUT2D eigenvalue weighted by Gasteiger charge is -2.35. The van der Waals surface area contributed by atoms with Crippen LogP contribution >= 0.6 is 0 Å². The molecule has 1 aliphatic rings. The minimum atomic E-state index is 0.0473. The number of rotatable bonds is 2. The Hall–Kier alpha value is -2.63. The Morgan fingerprint density at radius 2 is 1.76 bits per heavy atom. The van der Waals surface area contributed by atoms with Crippen LogP contribution in [-0.2, 0) is 0 Å². The van der Waals surface area contributed by atoms with Crippen molar-refractivity contribution in [3.8, 4) is 0 Å². The van der Waals surface area contributed by atoms with E-state index in [4.69, 9.17) is 5.73 Å². The van der Waals surface area contributed by atoms with E-state index in [1.54, 1.807) is 30.7 Å². The summed E-state index contributed by atoms with van der Waals surface area (Å²) in [5, 5.41) is 0. The molecular weight excluding hydrogens is 266 g/mol. The maximum absolute atomic E-state index is 12.3. The number of nitrogen functional groups attached to an aromatic ring is 1. The summed E-state index contributed by atoms with van der Waals surface area (Å²) in [4.78, 5) is 24.6. The Balaban J connectivity index is 1.66. The zero-order valence-electron chi connectivity index (χ0n) is 11.6. The molecule has 21 heavy (non-hydrogen) atoms. The van der Waals surface area contributed by atoms with Gasteiger partial charge in [-0.3, -0.25) is 9.78 Å². The van der Waals surface area contributed by atoms with Crippen LogP contribution in [0.25, 0.3) is 0 Å². The molecule has 6 heteroatoms. The first-order chi connectivity index (χ1) is 10.3. The van der Waals surface area contributed by atoms with Gasteiger partial charge in [0.2, 0.25) is 0 Å². The molecule has 0 bridgehead atoms. The lowest BCUT2D eigenvalue weighted by atomic mass is 10.2. The molecule has 3 rings (SSSR count). The second kappa shape index (κ2) is 5.78. The van der Waals surface area contributed by atoms with Crippen molar-refractivity contribution in [2.45, 2.75) is 0 Å². The van der Waals surface area contributed by atoms with Crippen LogP contribution in [0.5, 0.6) is 0 Å². The Bertz CT molecular complexity index is 623. The average Bonchev–Trinajstić information content (AvgIpc) is 2.56. The zero-order valence-corrected chi connectivity index (χ0v) is 11.6. The van der Waals surface area contributed by atoms with Gasteiger partial charge in [0.1, 0.15) is 0 Å². The smallest absolute Gasteiger partial charge is 0.254 e. The number of nitrogens with zero attached hydrogens (tertiary/aromatic N) is 4. The molecule has 2 N–H and O–H groups in total. The monoisotopic (exact) mass is 283 g/mol. The molecule has 2 aromatic heterocycles. The standard InChI is InChI=1S/C15H17N5O/c16-13-2-1-5-18-14(13)19-8-10-20(11-9-19)15(21)12-3-6-17-7-4-12/h1-7H,8-11,16H2. The van der Waals surface area contributed by atoms with Gasteiger partial charge in [0.05, 0.1) is 5.69 Å². The van der Waals surface area contributed by atoms with E-state index in [1.165, 1.54) is 0 Å². The highest BCUT2D eigenvalue weighted by atomic mass is 16.2. The van der Waals surface area contributed by atoms with Gasteiger partial charge in [0, 0.05) is 50.3 Å². The number of carbonyl (C=O) groups excluding carboxylic acids is 1. The minimum Gasteiger partial charge on any atom is -0.396 e. The van der Waals surface area contributed by atoms with Crippen LogP contribution in [0.4, 0.5) is 11.5 Å². The van der Waals surface area contributed by atoms with Gasteiger partial charge in [-0.05, 0) is 24.3 Å². The van der Waals surface area contributed by atoms with E-state index >= 15 is 0 Å². The van der Waals surface area contributed by atoms with E-state index in [9.17, 15) is 4.79 Å². The molecule has 1 amide bonds. The van der Waals surface area contributed by atoms with Crippen molar-refractivity contribution in [2.75, 3.05) is 36.8 Å². The molecule has 3 heterocycles. The molecule has 0 saturated carbocycles. The number of pyridine rings is 2. The second-order valence-electron chi connectivity index (χ2n) is 4.93. The summed E-state index contributed by atoms with van der Waals surface area (Å²) in [6.07, 6.45) is 5.01. The Labute approximate surface area is 123 Å². The largest absolute Gasteiger partial charge is 0.396 e. The lowest BCUT2D eigenvalue weighted by Crippen LogP contribution is -2.49. The van der Waals surface area contributed by atoms with Gasteiger partial charge in [0.25, 0.3) is 5.91 Å². The van der Waals surface area contributed by atoms with Crippen molar-refractivity contribution >= 4 is 17.4 Å². The summed E-state index contributed by atoms with van der Waals surface area (Å²) in [6.45, 7) is 2.80. The molecule has 1 aliphatic heterocycles. The van der Waals surface area contributed by atoms with Gasteiger partial charge in [0.15, 0.2) is 5.82 Å². The third-order valence-corrected chi connectivity index (χ3v) is 3.61. The fraction of sp³-hybridized carbons (Fsp3) is 0.267. The summed E-state index contributed by atoms with van der Waals surface area (Å²) >= 11 is 0.